The SMILES string of the molecule is FC(F)(F)c1ccc(N2CCCN(C(=S)NC3CCCCC3)CC2)[nH+]c1. The highest BCUT2D eigenvalue weighted by Gasteiger charge is 2.32. The maximum atomic E-state index is 12.7. The lowest BCUT2D eigenvalue weighted by Crippen LogP contribution is -2.46. The number of alkyl halides is 3. The molecule has 0 unspecified atom stereocenters. The molecule has 2 N–H and O–H groups in total. The molecule has 0 aromatic carbocycles. The van der Waals surface area contributed by atoms with Crippen LogP contribution in [0.4, 0.5) is 19.0 Å². The van der Waals surface area contributed by atoms with Gasteiger partial charge in [0, 0.05) is 25.1 Å². The molecule has 0 atom stereocenters. The number of nitrogens with zero attached hydrogens (tertiary/aromatic N) is 2. The third kappa shape index (κ3) is 4.99. The molecule has 8 heteroatoms. The predicted molar refractivity (Wildman–Crippen MR) is 99.0 cm³/mol. The van der Waals surface area contributed by atoms with Crippen molar-refractivity contribution < 1.29 is 18.2 Å². The van der Waals surface area contributed by atoms with Gasteiger partial charge in [0.25, 0.3) is 5.82 Å². The molecule has 0 bridgehead atoms. The molecule has 0 radical (unpaired) electrons. The number of rotatable bonds is 2. The number of H-pyrrole nitrogens is 1. The van der Waals surface area contributed by atoms with Gasteiger partial charge in [0.15, 0.2) is 5.11 Å². The molecule has 144 valence electrons. The predicted octanol–water partition coefficient (Wildman–Crippen LogP) is 3.24. The summed E-state index contributed by atoms with van der Waals surface area (Å²) in [6.45, 7) is 3.17. The Balaban J connectivity index is 1.55. The van der Waals surface area contributed by atoms with E-state index < -0.39 is 11.7 Å². The first-order valence-electron chi connectivity index (χ1n) is 9.33. The topological polar surface area (TPSA) is 32.6 Å². The van der Waals surface area contributed by atoms with Crippen LogP contribution in [0.15, 0.2) is 18.3 Å². The highest BCUT2D eigenvalue weighted by atomic mass is 32.1. The summed E-state index contributed by atoms with van der Waals surface area (Å²) in [5, 5.41) is 4.32. The molecule has 1 aliphatic heterocycles. The molecule has 2 fully saturated rings. The minimum absolute atomic E-state index is 0.485. The first kappa shape index (κ1) is 19.2. The van der Waals surface area contributed by atoms with Crippen molar-refractivity contribution in [3.8, 4) is 0 Å². The van der Waals surface area contributed by atoms with Crippen LogP contribution in [-0.4, -0.2) is 42.2 Å². The molecule has 1 aromatic heterocycles. The lowest BCUT2D eigenvalue weighted by molar-refractivity contribution is -0.367. The Labute approximate surface area is 157 Å². The van der Waals surface area contributed by atoms with Gasteiger partial charge in [-0.05, 0) is 31.1 Å². The molecule has 1 saturated heterocycles. The molecule has 0 amide bonds. The zero-order chi connectivity index (χ0) is 18.6. The number of aromatic nitrogens is 1. The van der Waals surface area contributed by atoms with Gasteiger partial charge in [0.2, 0.25) is 0 Å². The summed E-state index contributed by atoms with van der Waals surface area (Å²) in [5.41, 5.74) is -0.657. The summed E-state index contributed by atoms with van der Waals surface area (Å²) in [7, 11) is 0. The number of hydrogen-bond donors (Lipinski definition) is 1. The summed E-state index contributed by atoms with van der Waals surface area (Å²) in [5.74, 6) is 0.714. The summed E-state index contributed by atoms with van der Waals surface area (Å²) in [6, 6.07) is 3.12. The van der Waals surface area contributed by atoms with Gasteiger partial charge < -0.3 is 10.2 Å². The number of hydrogen-bond acceptors (Lipinski definition) is 2. The minimum atomic E-state index is -4.32. The third-order valence-corrected chi connectivity index (χ3v) is 5.56. The number of pyridine rings is 1. The van der Waals surface area contributed by atoms with Gasteiger partial charge in [0.05, 0.1) is 18.7 Å². The Hall–Kier alpha value is -1.57. The van der Waals surface area contributed by atoms with E-state index in [1.807, 2.05) is 0 Å². The zero-order valence-corrected chi connectivity index (χ0v) is 15.6. The van der Waals surface area contributed by atoms with Crippen LogP contribution in [0.3, 0.4) is 0 Å². The summed E-state index contributed by atoms with van der Waals surface area (Å²) >= 11 is 5.59. The Morgan fingerprint density at radius 1 is 1.04 bits per heavy atom. The van der Waals surface area contributed by atoms with E-state index >= 15 is 0 Å². The summed E-state index contributed by atoms with van der Waals surface area (Å²) in [4.78, 5) is 7.06. The van der Waals surface area contributed by atoms with Crippen LogP contribution >= 0.6 is 12.2 Å². The van der Waals surface area contributed by atoms with Gasteiger partial charge in [-0.15, -0.1) is 0 Å². The monoisotopic (exact) mass is 387 g/mol. The molecular formula is C18H26F3N4S+. The molecule has 4 nitrogen and oxygen atoms in total. The Morgan fingerprint density at radius 2 is 1.81 bits per heavy atom. The van der Waals surface area contributed by atoms with Gasteiger partial charge in [-0.3, -0.25) is 4.90 Å². The van der Waals surface area contributed by atoms with Crippen molar-refractivity contribution in [2.24, 2.45) is 0 Å². The third-order valence-electron chi connectivity index (χ3n) is 5.18. The van der Waals surface area contributed by atoms with E-state index in [1.165, 1.54) is 38.2 Å². The fraction of sp³-hybridized carbons (Fsp3) is 0.667. The van der Waals surface area contributed by atoms with Gasteiger partial charge in [0.1, 0.15) is 12.7 Å². The number of halogens is 3. The number of aromatic amines is 1. The Morgan fingerprint density at radius 3 is 2.46 bits per heavy atom. The van der Waals surface area contributed by atoms with Gasteiger partial charge in [-0.25, -0.2) is 4.98 Å². The molecular weight excluding hydrogens is 361 g/mol. The van der Waals surface area contributed by atoms with Crippen LogP contribution in [0.2, 0.25) is 0 Å². The van der Waals surface area contributed by atoms with E-state index in [1.54, 1.807) is 0 Å². The van der Waals surface area contributed by atoms with Crippen molar-refractivity contribution in [1.82, 2.24) is 10.2 Å². The first-order chi connectivity index (χ1) is 12.4. The normalized spacial score (nSPS) is 20.0. The van der Waals surface area contributed by atoms with Crippen LogP contribution in [0, 0.1) is 0 Å². The van der Waals surface area contributed by atoms with Gasteiger partial charge in [-0.2, -0.15) is 13.2 Å². The van der Waals surface area contributed by atoms with Crippen LogP contribution in [0.5, 0.6) is 0 Å². The highest BCUT2D eigenvalue weighted by Crippen LogP contribution is 2.28. The van der Waals surface area contributed by atoms with Crippen LogP contribution in [0.25, 0.3) is 0 Å². The van der Waals surface area contributed by atoms with Gasteiger partial charge in [-0.1, -0.05) is 19.3 Å². The first-order valence-corrected chi connectivity index (χ1v) is 9.73. The van der Waals surface area contributed by atoms with Crippen molar-refractivity contribution in [1.29, 1.82) is 0 Å². The van der Waals surface area contributed by atoms with E-state index in [0.717, 1.165) is 50.0 Å². The van der Waals surface area contributed by atoms with Crippen LogP contribution < -0.4 is 15.2 Å². The molecule has 26 heavy (non-hydrogen) atoms. The molecule has 1 aromatic rings. The smallest absolute Gasteiger partial charge is 0.360 e. The lowest BCUT2D eigenvalue weighted by Gasteiger charge is -2.29. The zero-order valence-electron chi connectivity index (χ0n) is 14.8. The fourth-order valence-electron chi connectivity index (χ4n) is 3.66. The molecule has 2 heterocycles. The fourth-order valence-corrected chi connectivity index (χ4v) is 4.01. The second-order valence-corrected chi connectivity index (χ2v) is 7.46. The van der Waals surface area contributed by atoms with E-state index in [4.69, 9.17) is 12.2 Å². The average molecular weight is 387 g/mol. The van der Waals surface area contributed by atoms with Crippen LogP contribution in [0.1, 0.15) is 44.1 Å². The largest absolute Gasteiger partial charge is 0.419 e. The molecule has 3 rings (SSSR count). The molecule has 2 aliphatic rings. The van der Waals surface area contributed by atoms with Crippen molar-refractivity contribution >= 4 is 23.1 Å². The van der Waals surface area contributed by atoms with E-state index in [2.05, 4.69) is 20.1 Å². The standard InChI is InChI=1S/C18H25F3N4S/c19-18(20,21)14-7-8-16(22-13-14)24-9-4-10-25(12-11-24)17(26)23-15-5-2-1-3-6-15/h7-8,13,15H,1-6,9-12H2,(H,23,26)/p+1. The summed E-state index contributed by atoms with van der Waals surface area (Å²) < 4.78 is 38.1. The average Bonchev–Trinajstić information content (AvgIpc) is 2.88. The van der Waals surface area contributed by atoms with E-state index in [0.29, 0.717) is 11.9 Å². The maximum Gasteiger partial charge on any atom is 0.419 e. The minimum Gasteiger partial charge on any atom is -0.360 e. The molecule has 0 spiro atoms. The van der Waals surface area contributed by atoms with Crippen molar-refractivity contribution in [3.63, 3.8) is 0 Å². The van der Waals surface area contributed by atoms with Crippen molar-refractivity contribution in [2.45, 2.75) is 50.7 Å². The van der Waals surface area contributed by atoms with E-state index in [9.17, 15) is 13.2 Å². The number of anilines is 1. The summed E-state index contributed by atoms with van der Waals surface area (Å²) in [6.07, 6.45) is 3.83. The Bertz CT molecular complexity index is 599. The van der Waals surface area contributed by atoms with Crippen molar-refractivity contribution in [3.05, 3.63) is 23.9 Å². The highest BCUT2D eigenvalue weighted by molar-refractivity contribution is 7.80. The van der Waals surface area contributed by atoms with Gasteiger partial charge >= 0.3 is 6.18 Å². The lowest BCUT2D eigenvalue weighted by atomic mass is 9.96. The Kier molecular flexibility index (Phi) is 6.21. The molecule has 1 saturated carbocycles. The number of nitrogens with one attached hydrogen (secondary N) is 2. The second-order valence-electron chi connectivity index (χ2n) is 7.07. The quantitative estimate of drug-likeness (QED) is 0.790. The maximum absolute atomic E-state index is 12.7. The second kappa shape index (κ2) is 8.41. The molecule has 1 aliphatic carbocycles. The van der Waals surface area contributed by atoms with Crippen LogP contribution in [-0.2, 0) is 6.18 Å². The number of thiocarbonyl (C=S) groups is 1. The van der Waals surface area contributed by atoms with E-state index in [-0.39, 0.29) is 0 Å². The van der Waals surface area contributed by atoms with Crippen molar-refractivity contribution in [2.75, 3.05) is 31.1 Å².